The quantitative estimate of drug-likeness (QED) is 0.825. The first kappa shape index (κ1) is 18.3. The number of hydrogen-bond donors (Lipinski definition) is 2. The number of benzene rings is 2. The summed E-state index contributed by atoms with van der Waals surface area (Å²) in [7, 11) is 0. The van der Waals surface area contributed by atoms with Crippen molar-refractivity contribution in [2.45, 2.75) is 19.0 Å². The predicted octanol–water partition coefficient (Wildman–Crippen LogP) is 3.90. The first-order chi connectivity index (χ1) is 12.1. The van der Waals surface area contributed by atoms with E-state index in [2.05, 4.69) is 29.3 Å². The number of halogens is 2. The largest absolute Gasteiger partial charge is 0.491 e. The van der Waals surface area contributed by atoms with Crippen LogP contribution in [0.2, 0.25) is 10.0 Å². The van der Waals surface area contributed by atoms with E-state index < -0.39 is 0 Å². The van der Waals surface area contributed by atoms with Gasteiger partial charge in [-0.3, -0.25) is 0 Å². The maximum atomic E-state index is 8.88. The van der Waals surface area contributed by atoms with E-state index in [1.165, 1.54) is 5.56 Å². The number of rotatable bonds is 5. The van der Waals surface area contributed by atoms with Gasteiger partial charge in [-0.15, -0.1) is 0 Å². The van der Waals surface area contributed by atoms with Crippen molar-refractivity contribution in [2.24, 2.45) is 0 Å². The van der Waals surface area contributed by atoms with Crippen molar-refractivity contribution in [3.63, 3.8) is 0 Å². The summed E-state index contributed by atoms with van der Waals surface area (Å²) in [5.41, 5.74) is 2.17. The summed E-state index contributed by atoms with van der Waals surface area (Å²) in [6, 6.07) is 14.2. The fourth-order valence-electron chi connectivity index (χ4n) is 3.13. The molecule has 25 heavy (non-hydrogen) atoms. The number of nitrogens with one attached hydrogen (secondary N) is 1. The minimum Gasteiger partial charge on any atom is -0.491 e. The lowest BCUT2D eigenvalue weighted by Gasteiger charge is -2.41. The topological polar surface area (TPSA) is 44.7 Å². The van der Waals surface area contributed by atoms with Crippen molar-refractivity contribution in [1.29, 1.82) is 0 Å². The van der Waals surface area contributed by atoms with Gasteiger partial charge in [0.05, 0.1) is 23.4 Å². The Labute approximate surface area is 158 Å². The third-order valence-electron chi connectivity index (χ3n) is 4.35. The van der Waals surface area contributed by atoms with Crippen LogP contribution < -0.4 is 15.0 Å². The van der Waals surface area contributed by atoms with Gasteiger partial charge in [-0.1, -0.05) is 35.3 Å². The van der Waals surface area contributed by atoms with Gasteiger partial charge in [0.1, 0.15) is 12.4 Å². The van der Waals surface area contributed by atoms with Crippen LogP contribution in [0.5, 0.6) is 5.75 Å². The second kappa shape index (κ2) is 8.28. The summed E-state index contributed by atoms with van der Waals surface area (Å²) >= 11 is 12.6. The van der Waals surface area contributed by atoms with Crippen LogP contribution in [0.3, 0.4) is 0 Å². The second-order valence-corrected chi connectivity index (χ2v) is 7.06. The third kappa shape index (κ3) is 4.39. The second-order valence-electron chi connectivity index (χ2n) is 6.21. The molecule has 2 N–H and O–H groups in total. The highest BCUT2D eigenvalue weighted by Gasteiger charge is 2.28. The van der Waals surface area contributed by atoms with Crippen LogP contribution >= 0.6 is 23.2 Å². The molecule has 0 radical (unpaired) electrons. The van der Waals surface area contributed by atoms with Gasteiger partial charge in [-0.05, 0) is 36.8 Å². The van der Waals surface area contributed by atoms with Gasteiger partial charge in [0.15, 0.2) is 0 Å². The van der Waals surface area contributed by atoms with Crippen LogP contribution in [0.15, 0.2) is 42.5 Å². The summed E-state index contributed by atoms with van der Waals surface area (Å²) in [6.07, 6.45) is 0. The average Bonchev–Trinajstić information content (AvgIpc) is 2.61. The van der Waals surface area contributed by atoms with Gasteiger partial charge in [-0.25, -0.2) is 0 Å². The van der Waals surface area contributed by atoms with Crippen molar-refractivity contribution >= 4 is 28.9 Å². The van der Waals surface area contributed by atoms with E-state index in [1.54, 1.807) is 6.07 Å². The number of ether oxygens (including phenoxy) is 1. The van der Waals surface area contributed by atoms with E-state index in [1.807, 2.05) is 24.3 Å². The fraction of sp³-hybridized carbons (Fsp3) is 0.368. The van der Waals surface area contributed by atoms with Crippen molar-refractivity contribution in [3.05, 3.63) is 58.1 Å². The molecule has 1 fully saturated rings. The Morgan fingerprint density at radius 1 is 1.20 bits per heavy atom. The monoisotopic (exact) mass is 380 g/mol. The molecule has 0 aliphatic carbocycles. The van der Waals surface area contributed by atoms with Crippen molar-refractivity contribution in [1.82, 2.24) is 5.32 Å². The van der Waals surface area contributed by atoms with Gasteiger partial charge < -0.3 is 20.1 Å². The maximum Gasteiger partial charge on any atom is 0.121 e. The third-order valence-corrected chi connectivity index (χ3v) is 4.90. The zero-order valence-electron chi connectivity index (χ0n) is 14.1. The Morgan fingerprint density at radius 3 is 2.64 bits per heavy atom. The lowest BCUT2D eigenvalue weighted by molar-refractivity contribution is 0.201. The molecule has 6 heteroatoms. The van der Waals surface area contributed by atoms with E-state index in [4.69, 9.17) is 33.0 Å². The highest BCUT2D eigenvalue weighted by molar-refractivity contribution is 6.33. The Kier molecular flexibility index (Phi) is 6.07. The lowest BCUT2D eigenvalue weighted by Crippen LogP contribution is -2.51. The highest BCUT2D eigenvalue weighted by atomic mass is 35.5. The first-order valence-corrected chi connectivity index (χ1v) is 9.13. The molecule has 1 heterocycles. The van der Waals surface area contributed by atoms with Crippen molar-refractivity contribution in [3.8, 4) is 5.75 Å². The molecule has 2 aromatic rings. The molecule has 1 aliphatic rings. The summed E-state index contributed by atoms with van der Waals surface area (Å²) in [6.45, 7) is 4.09. The Morgan fingerprint density at radius 2 is 1.96 bits per heavy atom. The van der Waals surface area contributed by atoms with E-state index in [-0.39, 0.29) is 19.3 Å². The van der Waals surface area contributed by atoms with Gasteiger partial charge in [0, 0.05) is 30.2 Å². The normalized spacial score (nSPS) is 20.6. The van der Waals surface area contributed by atoms with E-state index in [9.17, 15) is 0 Å². The first-order valence-electron chi connectivity index (χ1n) is 8.37. The standard InChI is InChI=1S/C19H22Cl2N2O2/c1-13-12-23(18-7-6-16(10-17(18)21)25-9-8-24)19(11-22-13)14-2-4-15(20)5-3-14/h2-7,10,13,19,22,24H,8-9,11-12H2,1H3/t13?,19-/m0/s1. The van der Waals surface area contributed by atoms with Crippen LogP contribution in [-0.4, -0.2) is 37.5 Å². The predicted molar refractivity (Wildman–Crippen MR) is 103 cm³/mol. The van der Waals surface area contributed by atoms with E-state index in [0.717, 1.165) is 23.8 Å². The summed E-state index contributed by atoms with van der Waals surface area (Å²) in [4.78, 5) is 2.32. The molecule has 134 valence electrons. The Balaban J connectivity index is 1.89. The maximum absolute atomic E-state index is 8.88. The molecule has 4 nitrogen and oxygen atoms in total. The lowest BCUT2D eigenvalue weighted by atomic mass is 10.0. The molecule has 2 aromatic carbocycles. The number of piperazine rings is 1. The van der Waals surface area contributed by atoms with Gasteiger partial charge in [0.25, 0.3) is 0 Å². The minimum absolute atomic E-state index is 0.0205. The van der Waals surface area contributed by atoms with Crippen LogP contribution in [0.25, 0.3) is 0 Å². The molecule has 3 rings (SSSR count). The molecule has 0 saturated carbocycles. The highest BCUT2D eigenvalue weighted by Crippen LogP contribution is 2.36. The summed E-state index contributed by atoms with van der Waals surface area (Å²) in [5.74, 6) is 0.661. The van der Waals surface area contributed by atoms with Crippen LogP contribution in [0.1, 0.15) is 18.5 Å². The Bertz CT molecular complexity index is 709. The minimum atomic E-state index is -0.0205. The van der Waals surface area contributed by atoms with Crippen molar-refractivity contribution in [2.75, 3.05) is 31.2 Å². The van der Waals surface area contributed by atoms with Crippen LogP contribution in [0, 0.1) is 0 Å². The number of nitrogens with zero attached hydrogens (tertiary/aromatic N) is 1. The molecule has 1 aliphatic heterocycles. The molecule has 0 bridgehead atoms. The zero-order chi connectivity index (χ0) is 17.8. The van der Waals surface area contributed by atoms with Crippen LogP contribution in [-0.2, 0) is 0 Å². The molecule has 1 unspecified atom stereocenters. The summed E-state index contributed by atoms with van der Waals surface area (Å²) < 4.78 is 5.44. The zero-order valence-corrected chi connectivity index (χ0v) is 15.6. The average molecular weight is 381 g/mol. The molecular formula is C19H22Cl2N2O2. The molecule has 0 aromatic heterocycles. The smallest absolute Gasteiger partial charge is 0.121 e. The Hall–Kier alpha value is -1.46. The number of aliphatic hydroxyl groups is 1. The fourth-order valence-corrected chi connectivity index (χ4v) is 3.54. The van der Waals surface area contributed by atoms with Gasteiger partial charge in [0.2, 0.25) is 0 Å². The van der Waals surface area contributed by atoms with Crippen LogP contribution in [0.4, 0.5) is 5.69 Å². The number of hydrogen-bond acceptors (Lipinski definition) is 4. The van der Waals surface area contributed by atoms with Gasteiger partial charge >= 0.3 is 0 Å². The molecular weight excluding hydrogens is 359 g/mol. The number of anilines is 1. The van der Waals surface area contributed by atoms with Crippen molar-refractivity contribution < 1.29 is 9.84 Å². The number of aliphatic hydroxyl groups excluding tert-OH is 1. The SMILES string of the molecule is CC1CN(c2ccc(OCCO)cc2Cl)[C@H](c2ccc(Cl)cc2)CN1. The van der Waals surface area contributed by atoms with E-state index >= 15 is 0 Å². The molecule has 0 spiro atoms. The molecule has 0 amide bonds. The summed E-state index contributed by atoms with van der Waals surface area (Å²) in [5, 5.41) is 13.8. The van der Waals surface area contributed by atoms with E-state index in [0.29, 0.717) is 16.8 Å². The molecule has 2 atom stereocenters. The van der Waals surface area contributed by atoms with Gasteiger partial charge in [-0.2, -0.15) is 0 Å². The molecule has 1 saturated heterocycles.